The number of anilines is 3. The van der Waals surface area contributed by atoms with Crippen LogP contribution in [0.3, 0.4) is 0 Å². The standard InChI is InChI=1S/C24H20N4/c1-16-9-8-12-21(18-10-6-5-7-11-18)23(16)28-17(2)27(4)24-19(15-25)13-20(26-3)14-22(24)28/h5-14,17H,1-2,4H3/t17-/m0/s1. The quantitative estimate of drug-likeness (QED) is 0.522. The van der Waals surface area contributed by atoms with Gasteiger partial charge in [0.2, 0.25) is 0 Å². The van der Waals surface area contributed by atoms with Crippen molar-refractivity contribution in [2.24, 2.45) is 0 Å². The van der Waals surface area contributed by atoms with Gasteiger partial charge in [0, 0.05) is 12.6 Å². The average Bonchev–Trinajstić information content (AvgIpc) is 2.98. The van der Waals surface area contributed by atoms with Crippen LogP contribution in [0.4, 0.5) is 22.7 Å². The Morgan fingerprint density at radius 1 is 1.04 bits per heavy atom. The van der Waals surface area contributed by atoms with Crippen LogP contribution in [-0.2, 0) is 0 Å². The molecule has 0 bridgehead atoms. The van der Waals surface area contributed by atoms with E-state index in [1.807, 2.05) is 31.3 Å². The number of para-hydroxylation sites is 1. The fourth-order valence-electron chi connectivity index (χ4n) is 4.01. The first-order valence-corrected chi connectivity index (χ1v) is 9.19. The van der Waals surface area contributed by atoms with Gasteiger partial charge in [0.05, 0.1) is 29.2 Å². The second-order valence-electron chi connectivity index (χ2n) is 7.03. The summed E-state index contributed by atoms with van der Waals surface area (Å²) in [6.07, 6.45) is 0.0200. The lowest BCUT2D eigenvalue weighted by Crippen LogP contribution is -2.36. The first-order valence-electron chi connectivity index (χ1n) is 9.19. The van der Waals surface area contributed by atoms with Crippen LogP contribution in [0.15, 0.2) is 60.7 Å². The van der Waals surface area contributed by atoms with E-state index in [-0.39, 0.29) is 6.17 Å². The zero-order valence-corrected chi connectivity index (χ0v) is 16.1. The lowest BCUT2D eigenvalue weighted by molar-refractivity contribution is 0.733. The lowest BCUT2D eigenvalue weighted by atomic mass is 9.99. The molecule has 0 saturated carbocycles. The van der Waals surface area contributed by atoms with Crippen LogP contribution < -0.4 is 9.80 Å². The minimum Gasteiger partial charge on any atom is -0.352 e. The average molecular weight is 364 g/mol. The first kappa shape index (κ1) is 17.6. The summed E-state index contributed by atoms with van der Waals surface area (Å²) in [6, 6.07) is 22.5. The SMILES string of the molecule is [C-]#[N+]c1cc(C#N)c2c(c1)N(c1c(C)cccc1-c1ccccc1)[C@@H](C)N2C. The summed E-state index contributed by atoms with van der Waals surface area (Å²) in [6.45, 7) is 11.7. The molecule has 1 aliphatic heterocycles. The third-order valence-electron chi connectivity index (χ3n) is 5.43. The third-order valence-corrected chi connectivity index (χ3v) is 5.43. The van der Waals surface area contributed by atoms with E-state index in [2.05, 4.69) is 64.9 Å². The number of benzene rings is 3. The number of nitrogens with zero attached hydrogens (tertiary/aromatic N) is 4. The molecule has 1 heterocycles. The molecule has 0 fully saturated rings. The van der Waals surface area contributed by atoms with E-state index >= 15 is 0 Å². The predicted octanol–water partition coefficient (Wildman–Crippen LogP) is 6.02. The van der Waals surface area contributed by atoms with Crippen LogP contribution in [-0.4, -0.2) is 13.2 Å². The molecule has 4 rings (SSSR count). The lowest BCUT2D eigenvalue weighted by Gasteiger charge is -2.31. The molecule has 0 N–H and O–H groups in total. The predicted molar refractivity (Wildman–Crippen MR) is 114 cm³/mol. The van der Waals surface area contributed by atoms with Crippen molar-refractivity contribution >= 4 is 22.7 Å². The number of hydrogen-bond donors (Lipinski definition) is 0. The van der Waals surface area contributed by atoms with Gasteiger partial charge in [-0.25, -0.2) is 4.85 Å². The molecular formula is C24H20N4. The van der Waals surface area contributed by atoms with E-state index < -0.39 is 0 Å². The second kappa shape index (κ2) is 6.76. The minimum absolute atomic E-state index is 0.0200. The smallest absolute Gasteiger partial charge is 0.190 e. The third kappa shape index (κ3) is 2.59. The molecule has 0 amide bonds. The van der Waals surface area contributed by atoms with E-state index in [1.54, 1.807) is 6.07 Å². The second-order valence-corrected chi connectivity index (χ2v) is 7.03. The molecule has 0 saturated heterocycles. The molecule has 28 heavy (non-hydrogen) atoms. The van der Waals surface area contributed by atoms with Crippen molar-refractivity contribution in [2.75, 3.05) is 16.8 Å². The molecule has 4 nitrogen and oxygen atoms in total. The molecule has 1 aliphatic rings. The van der Waals surface area contributed by atoms with Crippen LogP contribution in [0.5, 0.6) is 0 Å². The van der Waals surface area contributed by atoms with Gasteiger partial charge in [-0.1, -0.05) is 48.5 Å². The molecular weight excluding hydrogens is 344 g/mol. The van der Waals surface area contributed by atoms with Crippen LogP contribution in [0.1, 0.15) is 18.1 Å². The molecule has 136 valence electrons. The van der Waals surface area contributed by atoms with E-state index in [9.17, 15) is 5.26 Å². The van der Waals surface area contributed by atoms with Gasteiger partial charge in [-0.15, -0.1) is 0 Å². The van der Waals surface area contributed by atoms with Gasteiger partial charge in [-0.3, -0.25) is 0 Å². The molecule has 0 unspecified atom stereocenters. The molecule has 3 aromatic carbocycles. The summed E-state index contributed by atoms with van der Waals surface area (Å²) >= 11 is 0. The highest BCUT2D eigenvalue weighted by Crippen LogP contribution is 2.50. The number of fused-ring (bicyclic) bond motifs is 1. The number of hydrogen-bond acceptors (Lipinski definition) is 3. The summed E-state index contributed by atoms with van der Waals surface area (Å²) < 4.78 is 0. The Kier molecular flexibility index (Phi) is 4.26. The van der Waals surface area contributed by atoms with Gasteiger partial charge in [0.15, 0.2) is 5.69 Å². The number of rotatable bonds is 2. The van der Waals surface area contributed by atoms with Crippen molar-refractivity contribution < 1.29 is 0 Å². The molecule has 0 spiro atoms. The van der Waals surface area contributed by atoms with Crippen molar-refractivity contribution in [1.29, 1.82) is 5.26 Å². The zero-order chi connectivity index (χ0) is 19.8. The van der Waals surface area contributed by atoms with Crippen LogP contribution in [0.2, 0.25) is 0 Å². The van der Waals surface area contributed by atoms with Gasteiger partial charge in [-0.2, -0.15) is 5.26 Å². The van der Waals surface area contributed by atoms with Crippen LogP contribution in [0, 0.1) is 24.8 Å². The van der Waals surface area contributed by atoms with E-state index in [0.29, 0.717) is 11.3 Å². The molecule has 0 aliphatic carbocycles. The molecule has 0 aromatic heterocycles. The largest absolute Gasteiger partial charge is 0.352 e. The van der Waals surface area contributed by atoms with Crippen molar-refractivity contribution in [3.8, 4) is 17.2 Å². The highest BCUT2D eigenvalue weighted by molar-refractivity contribution is 5.94. The van der Waals surface area contributed by atoms with Crippen LogP contribution >= 0.6 is 0 Å². The Balaban J connectivity index is 2.01. The van der Waals surface area contributed by atoms with E-state index in [4.69, 9.17) is 6.57 Å². The Hall–Kier alpha value is -3.76. The summed E-state index contributed by atoms with van der Waals surface area (Å²) in [7, 11) is 2.00. The van der Waals surface area contributed by atoms with Gasteiger partial charge in [-0.05, 0) is 37.1 Å². The van der Waals surface area contributed by atoms with E-state index in [0.717, 1.165) is 33.8 Å². The molecule has 0 radical (unpaired) electrons. The molecule has 4 heteroatoms. The fraction of sp³-hybridized carbons (Fsp3) is 0.167. The molecule has 1 atom stereocenters. The maximum absolute atomic E-state index is 9.67. The Labute approximate surface area is 165 Å². The minimum atomic E-state index is 0.0200. The van der Waals surface area contributed by atoms with Crippen molar-refractivity contribution in [2.45, 2.75) is 20.0 Å². The maximum Gasteiger partial charge on any atom is 0.190 e. The Morgan fingerprint density at radius 2 is 1.79 bits per heavy atom. The van der Waals surface area contributed by atoms with Crippen LogP contribution in [0.25, 0.3) is 16.0 Å². The maximum atomic E-state index is 9.67. The summed E-state index contributed by atoms with van der Waals surface area (Å²) in [5.74, 6) is 0. The highest BCUT2D eigenvalue weighted by atomic mass is 15.4. The summed E-state index contributed by atoms with van der Waals surface area (Å²) in [4.78, 5) is 7.96. The van der Waals surface area contributed by atoms with Crippen molar-refractivity contribution in [3.63, 3.8) is 0 Å². The van der Waals surface area contributed by atoms with Gasteiger partial charge in [0.1, 0.15) is 12.2 Å². The molecule has 3 aromatic rings. The summed E-state index contributed by atoms with van der Waals surface area (Å²) in [5, 5.41) is 9.67. The van der Waals surface area contributed by atoms with Crippen molar-refractivity contribution in [3.05, 3.63) is 83.2 Å². The van der Waals surface area contributed by atoms with E-state index in [1.165, 1.54) is 0 Å². The van der Waals surface area contributed by atoms with Gasteiger partial charge >= 0.3 is 0 Å². The number of nitriles is 1. The van der Waals surface area contributed by atoms with Crippen molar-refractivity contribution in [1.82, 2.24) is 0 Å². The highest BCUT2D eigenvalue weighted by Gasteiger charge is 2.35. The topological polar surface area (TPSA) is 34.6 Å². The zero-order valence-electron chi connectivity index (χ0n) is 16.1. The first-order chi connectivity index (χ1) is 13.6. The van der Waals surface area contributed by atoms with Gasteiger partial charge < -0.3 is 9.80 Å². The van der Waals surface area contributed by atoms with Gasteiger partial charge in [0.25, 0.3) is 0 Å². The Morgan fingerprint density at radius 3 is 2.46 bits per heavy atom. The Bertz CT molecular complexity index is 1140. The normalized spacial score (nSPS) is 15.1. The monoisotopic (exact) mass is 364 g/mol. The number of aryl methyl sites for hydroxylation is 1. The fourth-order valence-corrected chi connectivity index (χ4v) is 4.01. The summed E-state index contributed by atoms with van der Waals surface area (Å²) in [5.41, 5.74) is 7.36.